The maximum Gasteiger partial charge on any atom is 0.207 e. The zero-order chi connectivity index (χ0) is 20.6. The van der Waals surface area contributed by atoms with E-state index in [1.54, 1.807) is 0 Å². The predicted molar refractivity (Wildman–Crippen MR) is 113 cm³/mol. The summed E-state index contributed by atoms with van der Waals surface area (Å²) in [7, 11) is -0.900. The second-order valence-electron chi connectivity index (χ2n) is 10.1. The van der Waals surface area contributed by atoms with E-state index in [9.17, 15) is 5.11 Å². The van der Waals surface area contributed by atoms with Gasteiger partial charge in [-0.2, -0.15) is 0 Å². The standard InChI is InChI=1S/C23H39O4Si/c1-7-8-9-11-22(21(2,3)4,27-28(5)6)12-10-17-15-19-18(20(17)24)16-23(19)25-13-14-26-23/h17-20,24H,7-9,11,13-16H2,1-6H3. The van der Waals surface area contributed by atoms with E-state index >= 15 is 0 Å². The third-order valence-electron chi connectivity index (χ3n) is 6.92. The minimum atomic E-state index is -0.900. The highest BCUT2D eigenvalue weighted by Gasteiger charge is 2.64. The number of hydrogen-bond acceptors (Lipinski definition) is 4. The lowest BCUT2D eigenvalue weighted by molar-refractivity contribution is -0.275. The first-order valence-corrected chi connectivity index (χ1v) is 13.5. The van der Waals surface area contributed by atoms with Crippen molar-refractivity contribution < 1.29 is 19.0 Å². The lowest BCUT2D eigenvalue weighted by Crippen LogP contribution is -2.54. The largest absolute Gasteiger partial charge is 0.401 e. The molecule has 0 aromatic heterocycles. The van der Waals surface area contributed by atoms with E-state index in [1.807, 2.05) is 0 Å². The van der Waals surface area contributed by atoms with Gasteiger partial charge in [0.25, 0.3) is 0 Å². The van der Waals surface area contributed by atoms with Crippen LogP contribution in [-0.4, -0.2) is 44.9 Å². The molecule has 1 radical (unpaired) electrons. The molecule has 3 aliphatic rings. The monoisotopic (exact) mass is 407 g/mol. The molecule has 0 amide bonds. The Morgan fingerprint density at radius 2 is 1.86 bits per heavy atom. The first kappa shape index (κ1) is 22.3. The van der Waals surface area contributed by atoms with Gasteiger partial charge in [-0.3, -0.25) is 0 Å². The summed E-state index contributed by atoms with van der Waals surface area (Å²) in [5, 5.41) is 10.9. The average molecular weight is 408 g/mol. The molecule has 159 valence electrons. The number of unbranched alkanes of at least 4 members (excludes halogenated alkanes) is 2. The number of rotatable bonds is 6. The van der Waals surface area contributed by atoms with Crippen LogP contribution in [0.25, 0.3) is 0 Å². The van der Waals surface area contributed by atoms with Crippen molar-refractivity contribution in [3.63, 3.8) is 0 Å². The van der Waals surface area contributed by atoms with Crippen LogP contribution in [0.5, 0.6) is 0 Å². The Kier molecular flexibility index (Phi) is 6.69. The fourth-order valence-corrected chi connectivity index (χ4v) is 6.35. The molecule has 1 spiro atoms. The highest BCUT2D eigenvalue weighted by atomic mass is 28.3. The first-order chi connectivity index (χ1) is 13.1. The SMILES string of the molecule is CCCCCC(C#CC1CC2C(CC23OCCO3)C1O)(O[Si](C)C)C(C)(C)C. The van der Waals surface area contributed by atoms with Gasteiger partial charge < -0.3 is 19.0 Å². The Labute approximate surface area is 173 Å². The zero-order valence-corrected chi connectivity index (χ0v) is 19.6. The van der Waals surface area contributed by atoms with Crippen LogP contribution < -0.4 is 0 Å². The number of ether oxygens (including phenoxy) is 2. The molecule has 0 bridgehead atoms. The number of hydrogen-bond donors (Lipinski definition) is 1. The Morgan fingerprint density at radius 1 is 1.18 bits per heavy atom. The third-order valence-corrected chi connectivity index (χ3v) is 7.68. The van der Waals surface area contributed by atoms with Crippen molar-refractivity contribution >= 4 is 9.04 Å². The van der Waals surface area contributed by atoms with Gasteiger partial charge in [-0.1, -0.05) is 52.4 Å². The summed E-state index contributed by atoms with van der Waals surface area (Å²) in [6, 6.07) is 0. The van der Waals surface area contributed by atoms with Crippen molar-refractivity contribution in [3.05, 3.63) is 0 Å². The molecule has 2 aliphatic carbocycles. The number of aliphatic hydroxyl groups is 1. The van der Waals surface area contributed by atoms with Crippen LogP contribution in [0.4, 0.5) is 0 Å². The highest BCUT2D eigenvalue weighted by molar-refractivity contribution is 6.48. The van der Waals surface area contributed by atoms with E-state index < -0.39 is 20.4 Å². The second kappa shape index (κ2) is 8.39. The summed E-state index contributed by atoms with van der Waals surface area (Å²) in [5.41, 5.74) is -0.517. The van der Waals surface area contributed by atoms with Crippen molar-refractivity contribution in [3.8, 4) is 11.8 Å². The molecule has 5 atom stereocenters. The molecule has 1 N–H and O–H groups in total. The molecule has 0 aromatic rings. The Hall–Kier alpha value is -0.383. The van der Waals surface area contributed by atoms with Crippen molar-refractivity contribution in [2.75, 3.05) is 13.2 Å². The molecular weight excluding hydrogens is 368 g/mol. The summed E-state index contributed by atoms with van der Waals surface area (Å²) in [6.45, 7) is 14.7. The lowest BCUT2D eigenvalue weighted by Gasteiger charge is -2.48. The van der Waals surface area contributed by atoms with Crippen LogP contribution in [-0.2, 0) is 13.9 Å². The molecule has 28 heavy (non-hydrogen) atoms. The van der Waals surface area contributed by atoms with E-state index in [-0.39, 0.29) is 29.3 Å². The van der Waals surface area contributed by atoms with Gasteiger partial charge in [-0.25, -0.2) is 0 Å². The van der Waals surface area contributed by atoms with Gasteiger partial charge in [0.05, 0.1) is 19.3 Å². The molecule has 0 aromatic carbocycles. The molecule has 1 heterocycles. The molecule has 3 rings (SSSR count). The molecule has 5 heteroatoms. The van der Waals surface area contributed by atoms with Gasteiger partial charge in [-0.05, 0) is 38.3 Å². The van der Waals surface area contributed by atoms with E-state index in [4.69, 9.17) is 13.9 Å². The predicted octanol–water partition coefficient (Wildman–Crippen LogP) is 4.38. The van der Waals surface area contributed by atoms with Gasteiger partial charge in [0.1, 0.15) is 5.60 Å². The second-order valence-corrected chi connectivity index (χ2v) is 12.2. The Morgan fingerprint density at radius 3 is 2.43 bits per heavy atom. The van der Waals surface area contributed by atoms with Gasteiger partial charge in [0.15, 0.2) is 5.79 Å². The summed E-state index contributed by atoms with van der Waals surface area (Å²) in [4.78, 5) is 0. The van der Waals surface area contributed by atoms with E-state index in [0.717, 1.165) is 25.7 Å². The number of aliphatic hydroxyl groups excluding tert-OH is 1. The van der Waals surface area contributed by atoms with E-state index in [0.29, 0.717) is 13.2 Å². The van der Waals surface area contributed by atoms with Gasteiger partial charge in [0.2, 0.25) is 9.04 Å². The molecule has 1 saturated heterocycles. The van der Waals surface area contributed by atoms with Crippen molar-refractivity contribution in [1.82, 2.24) is 0 Å². The maximum absolute atomic E-state index is 10.9. The van der Waals surface area contributed by atoms with Crippen LogP contribution in [0.1, 0.15) is 66.2 Å². The third kappa shape index (κ3) is 4.09. The normalized spacial score (nSPS) is 33.3. The minimum Gasteiger partial charge on any atom is -0.401 e. The fourth-order valence-electron chi connectivity index (χ4n) is 5.20. The lowest BCUT2D eigenvalue weighted by atomic mass is 9.69. The maximum atomic E-state index is 10.9. The molecule has 1 aliphatic heterocycles. The van der Waals surface area contributed by atoms with Crippen LogP contribution in [0.2, 0.25) is 13.1 Å². The van der Waals surface area contributed by atoms with E-state index in [2.05, 4.69) is 52.6 Å². The topological polar surface area (TPSA) is 47.9 Å². The summed E-state index contributed by atoms with van der Waals surface area (Å²) >= 11 is 0. The van der Waals surface area contributed by atoms with Crippen LogP contribution >= 0.6 is 0 Å². The minimum absolute atomic E-state index is 0.0111. The van der Waals surface area contributed by atoms with Crippen molar-refractivity contribution in [2.45, 2.75) is 96.8 Å². The van der Waals surface area contributed by atoms with Crippen molar-refractivity contribution in [1.29, 1.82) is 0 Å². The first-order valence-electron chi connectivity index (χ1n) is 11.1. The molecule has 2 saturated carbocycles. The van der Waals surface area contributed by atoms with Gasteiger partial charge >= 0.3 is 0 Å². The summed E-state index contributed by atoms with van der Waals surface area (Å²) in [6.07, 6.45) is 5.77. The highest BCUT2D eigenvalue weighted by Crippen LogP contribution is 2.59. The fraction of sp³-hybridized carbons (Fsp3) is 0.913. The van der Waals surface area contributed by atoms with Gasteiger partial charge in [0, 0.05) is 23.7 Å². The Bertz CT molecular complexity index is 596. The Balaban J connectivity index is 1.80. The summed E-state index contributed by atoms with van der Waals surface area (Å²) in [5.74, 6) is 7.20. The molecule has 5 unspecified atom stereocenters. The van der Waals surface area contributed by atoms with Gasteiger partial charge in [-0.15, -0.1) is 0 Å². The average Bonchev–Trinajstić information content (AvgIpc) is 3.17. The zero-order valence-electron chi connectivity index (χ0n) is 18.6. The molecule has 4 nitrogen and oxygen atoms in total. The van der Waals surface area contributed by atoms with Crippen molar-refractivity contribution in [2.24, 2.45) is 23.2 Å². The van der Waals surface area contributed by atoms with E-state index in [1.165, 1.54) is 12.8 Å². The smallest absolute Gasteiger partial charge is 0.207 e. The van der Waals surface area contributed by atoms with Crippen LogP contribution in [0.3, 0.4) is 0 Å². The van der Waals surface area contributed by atoms with Crippen LogP contribution in [0, 0.1) is 35.0 Å². The quantitative estimate of drug-likeness (QED) is 0.403. The van der Waals surface area contributed by atoms with Crippen LogP contribution in [0.15, 0.2) is 0 Å². The molecule has 3 fully saturated rings. The summed E-state index contributed by atoms with van der Waals surface area (Å²) < 4.78 is 18.4. The molecular formula is C23H39O4Si. The number of fused-ring (bicyclic) bond motifs is 2.